The zero-order valence-corrected chi connectivity index (χ0v) is 13.6. The Morgan fingerprint density at radius 1 is 1.04 bits per heavy atom. The van der Waals surface area contributed by atoms with E-state index in [2.05, 4.69) is 0 Å². The molecule has 24 heavy (non-hydrogen) atoms. The van der Waals surface area contributed by atoms with Gasteiger partial charge >= 0.3 is 0 Å². The summed E-state index contributed by atoms with van der Waals surface area (Å²) in [6, 6.07) is 19.2. The standard InChI is InChI=1S/C19H15N3OS/c20-18(23)19(16-9-6-12-24-16,14-7-2-1-3-8-14)15-13-22-11-5-4-10-17(22)21-15/h1-13H,(H2,20,23). The summed E-state index contributed by atoms with van der Waals surface area (Å²) in [6.45, 7) is 0. The fourth-order valence-corrected chi connectivity index (χ4v) is 4.06. The maximum Gasteiger partial charge on any atom is 0.239 e. The van der Waals surface area contributed by atoms with E-state index in [1.165, 1.54) is 11.3 Å². The highest BCUT2D eigenvalue weighted by Gasteiger charge is 2.45. The van der Waals surface area contributed by atoms with Crippen LogP contribution < -0.4 is 5.73 Å². The summed E-state index contributed by atoms with van der Waals surface area (Å²) < 4.78 is 1.91. The first-order valence-electron chi connectivity index (χ1n) is 7.56. The lowest BCUT2D eigenvalue weighted by atomic mass is 9.75. The largest absolute Gasteiger partial charge is 0.368 e. The van der Waals surface area contributed by atoms with Crippen molar-refractivity contribution >= 4 is 22.9 Å². The van der Waals surface area contributed by atoms with E-state index in [1.54, 1.807) is 0 Å². The number of hydrogen-bond acceptors (Lipinski definition) is 3. The zero-order valence-electron chi connectivity index (χ0n) is 12.8. The fraction of sp³-hybridized carbons (Fsp3) is 0.0526. The van der Waals surface area contributed by atoms with Crippen LogP contribution in [0, 0.1) is 0 Å². The number of rotatable bonds is 4. The monoisotopic (exact) mass is 333 g/mol. The molecule has 118 valence electrons. The van der Waals surface area contributed by atoms with E-state index >= 15 is 0 Å². The average Bonchev–Trinajstić information content (AvgIpc) is 3.26. The van der Waals surface area contributed by atoms with Crippen LogP contribution in [0.5, 0.6) is 0 Å². The van der Waals surface area contributed by atoms with Gasteiger partial charge in [-0.05, 0) is 29.1 Å². The van der Waals surface area contributed by atoms with Crippen LogP contribution in [0.2, 0.25) is 0 Å². The van der Waals surface area contributed by atoms with Gasteiger partial charge in [0.15, 0.2) is 5.41 Å². The van der Waals surface area contributed by atoms with E-state index in [1.807, 2.05) is 82.8 Å². The first kappa shape index (κ1) is 14.7. The number of carbonyl (C=O) groups excluding carboxylic acids is 1. The van der Waals surface area contributed by atoms with Gasteiger partial charge in [0, 0.05) is 17.3 Å². The summed E-state index contributed by atoms with van der Waals surface area (Å²) in [5.41, 5.74) is 7.11. The van der Waals surface area contributed by atoms with Crippen LogP contribution >= 0.6 is 11.3 Å². The number of amides is 1. The van der Waals surface area contributed by atoms with E-state index in [9.17, 15) is 4.79 Å². The molecular formula is C19H15N3OS. The third-order valence-corrected chi connectivity index (χ3v) is 5.20. The predicted octanol–water partition coefficient (Wildman–Crippen LogP) is 3.22. The molecule has 5 heteroatoms. The second-order valence-electron chi connectivity index (χ2n) is 5.55. The molecule has 1 atom stereocenters. The van der Waals surface area contributed by atoms with Crippen LogP contribution in [0.3, 0.4) is 0 Å². The molecule has 4 rings (SSSR count). The Morgan fingerprint density at radius 3 is 2.50 bits per heavy atom. The summed E-state index contributed by atoms with van der Waals surface area (Å²) in [6.07, 6.45) is 3.80. The number of carbonyl (C=O) groups is 1. The van der Waals surface area contributed by atoms with Gasteiger partial charge in [-0.1, -0.05) is 42.5 Å². The van der Waals surface area contributed by atoms with Gasteiger partial charge in [0.1, 0.15) is 5.65 Å². The van der Waals surface area contributed by atoms with Crippen molar-refractivity contribution in [3.8, 4) is 0 Å². The van der Waals surface area contributed by atoms with Gasteiger partial charge in [-0.15, -0.1) is 11.3 Å². The van der Waals surface area contributed by atoms with Crippen LogP contribution in [0.25, 0.3) is 5.65 Å². The molecule has 0 saturated heterocycles. The van der Waals surface area contributed by atoms with Gasteiger partial charge in [0.25, 0.3) is 0 Å². The summed E-state index contributed by atoms with van der Waals surface area (Å²) in [5, 5.41) is 1.95. The van der Waals surface area contributed by atoms with Crippen LogP contribution in [-0.4, -0.2) is 15.3 Å². The molecule has 4 nitrogen and oxygen atoms in total. The molecule has 0 aliphatic heterocycles. The van der Waals surface area contributed by atoms with Crippen molar-refractivity contribution in [2.24, 2.45) is 5.73 Å². The molecule has 0 aliphatic rings. The number of pyridine rings is 1. The van der Waals surface area contributed by atoms with Crippen LogP contribution in [0.1, 0.15) is 16.1 Å². The van der Waals surface area contributed by atoms with Crippen molar-refractivity contribution in [1.82, 2.24) is 9.38 Å². The molecule has 2 N–H and O–H groups in total. The van der Waals surface area contributed by atoms with Crippen LogP contribution in [-0.2, 0) is 10.2 Å². The lowest BCUT2D eigenvalue weighted by Gasteiger charge is -2.28. The fourth-order valence-electron chi connectivity index (χ4n) is 3.10. The van der Waals surface area contributed by atoms with E-state index < -0.39 is 11.3 Å². The minimum Gasteiger partial charge on any atom is -0.368 e. The Balaban J connectivity index is 2.08. The summed E-state index contributed by atoms with van der Waals surface area (Å²) in [7, 11) is 0. The molecule has 3 aromatic heterocycles. The van der Waals surface area contributed by atoms with Gasteiger partial charge < -0.3 is 10.1 Å². The van der Waals surface area contributed by atoms with Crippen LogP contribution in [0.15, 0.2) is 78.4 Å². The van der Waals surface area contributed by atoms with Gasteiger partial charge in [-0.2, -0.15) is 0 Å². The maximum absolute atomic E-state index is 12.8. The van der Waals surface area contributed by atoms with Crippen molar-refractivity contribution in [1.29, 1.82) is 0 Å². The number of hydrogen-bond donors (Lipinski definition) is 1. The zero-order chi connectivity index (χ0) is 16.6. The molecule has 0 aliphatic carbocycles. The average molecular weight is 333 g/mol. The first-order valence-corrected chi connectivity index (χ1v) is 8.44. The molecule has 0 fully saturated rings. The molecule has 1 amide bonds. The second kappa shape index (κ2) is 5.62. The van der Waals surface area contributed by atoms with Crippen molar-refractivity contribution in [3.63, 3.8) is 0 Å². The van der Waals surface area contributed by atoms with Gasteiger partial charge in [-0.3, -0.25) is 4.79 Å². The molecule has 4 aromatic rings. The lowest BCUT2D eigenvalue weighted by molar-refractivity contribution is -0.120. The van der Waals surface area contributed by atoms with E-state index in [4.69, 9.17) is 10.7 Å². The number of fused-ring (bicyclic) bond motifs is 1. The smallest absolute Gasteiger partial charge is 0.239 e. The highest BCUT2D eigenvalue weighted by molar-refractivity contribution is 7.10. The number of aromatic nitrogens is 2. The first-order chi connectivity index (χ1) is 11.7. The van der Waals surface area contributed by atoms with E-state index in [-0.39, 0.29) is 0 Å². The normalized spacial score (nSPS) is 13.7. The van der Waals surface area contributed by atoms with Crippen molar-refractivity contribution in [3.05, 3.63) is 94.6 Å². The molecule has 3 heterocycles. The molecule has 0 saturated carbocycles. The van der Waals surface area contributed by atoms with E-state index in [0.29, 0.717) is 5.69 Å². The SMILES string of the molecule is NC(=O)C(c1ccccc1)(c1cn2ccccc2n1)c1cccs1. The van der Waals surface area contributed by atoms with Crippen LogP contribution in [0.4, 0.5) is 0 Å². The van der Waals surface area contributed by atoms with Crippen molar-refractivity contribution < 1.29 is 4.79 Å². The highest BCUT2D eigenvalue weighted by atomic mass is 32.1. The predicted molar refractivity (Wildman–Crippen MR) is 95.0 cm³/mol. The lowest BCUT2D eigenvalue weighted by Crippen LogP contribution is -2.43. The Morgan fingerprint density at radius 2 is 1.83 bits per heavy atom. The number of thiophene rings is 1. The topological polar surface area (TPSA) is 60.4 Å². The maximum atomic E-state index is 12.8. The Hall–Kier alpha value is -2.92. The minimum absolute atomic E-state index is 0.431. The molecule has 1 unspecified atom stereocenters. The van der Waals surface area contributed by atoms with Gasteiger partial charge in [0.05, 0.1) is 5.69 Å². The third kappa shape index (κ3) is 2.06. The number of benzene rings is 1. The number of nitrogens with two attached hydrogens (primary N) is 1. The molecule has 1 aromatic carbocycles. The van der Waals surface area contributed by atoms with Gasteiger partial charge in [-0.25, -0.2) is 4.98 Å². The molecule has 0 spiro atoms. The Kier molecular flexibility index (Phi) is 3.43. The summed E-state index contributed by atoms with van der Waals surface area (Å²) >= 11 is 1.51. The second-order valence-corrected chi connectivity index (χ2v) is 6.50. The third-order valence-electron chi connectivity index (χ3n) is 4.22. The molecule has 0 radical (unpaired) electrons. The molecular weight excluding hydrogens is 318 g/mol. The quantitative estimate of drug-likeness (QED) is 0.623. The van der Waals surface area contributed by atoms with Gasteiger partial charge in [0.2, 0.25) is 5.91 Å². The number of nitrogens with zero attached hydrogens (tertiary/aromatic N) is 2. The Labute approximate surface area is 143 Å². The minimum atomic E-state index is -1.10. The highest BCUT2D eigenvalue weighted by Crippen LogP contribution is 2.40. The van der Waals surface area contributed by atoms with Crippen molar-refractivity contribution in [2.75, 3.05) is 0 Å². The van der Waals surface area contributed by atoms with E-state index in [0.717, 1.165) is 16.1 Å². The summed E-state index contributed by atoms with van der Waals surface area (Å²) in [4.78, 5) is 18.4. The number of primary amides is 1. The van der Waals surface area contributed by atoms with Crippen molar-refractivity contribution in [2.45, 2.75) is 5.41 Å². The summed E-state index contributed by atoms with van der Waals surface area (Å²) in [5.74, 6) is -0.431. The molecule has 0 bridgehead atoms. The Bertz CT molecular complexity index is 959. The number of imidazole rings is 1.